The van der Waals surface area contributed by atoms with E-state index < -0.39 is 0 Å². The molecule has 0 saturated heterocycles. The molecule has 0 atom stereocenters. The van der Waals surface area contributed by atoms with Crippen LogP contribution in [0.4, 0.5) is 0 Å². The molecule has 0 radical (unpaired) electrons. The summed E-state index contributed by atoms with van der Waals surface area (Å²) < 4.78 is 0. The number of amides is 2. The van der Waals surface area contributed by atoms with Crippen LogP contribution >= 0.6 is 0 Å². The lowest BCUT2D eigenvalue weighted by molar-refractivity contribution is -0.132. The Kier molecular flexibility index (Phi) is 6.51. The van der Waals surface area contributed by atoms with Crippen LogP contribution in [0.2, 0.25) is 0 Å². The van der Waals surface area contributed by atoms with Gasteiger partial charge in [-0.3, -0.25) is 9.59 Å². The van der Waals surface area contributed by atoms with Crippen molar-refractivity contribution in [1.82, 2.24) is 9.80 Å². The van der Waals surface area contributed by atoms with Crippen LogP contribution in [0, 0.1) is 0 Å². The number of carbonyl (C=O) groups is 2. The first kappa shape index (κ1) is 17.7. The first-order valence-electron chi connectivity index (χ1n) is 7.85. The van der Waals surface area contributed by atoms with E-state index >= 15 is 0 Å². The molecule has 0 saturated carbocycles. The van der Waals surface area contributed by atoms with E-state index in [-0.39, 0.29) is 31.5 Å². The van der Waals surface area contributed by atoms with Crippen LogP contribution in [0.3, 0.4) is 0 Å². The van der Waals surface area contributed by atoms with Crippen LogP contribution in [-0.2, 0) is 11.3 Å². The van der Waals surface area contributed by atoms with Crippen molar-refractivity contribution in [3.8, 4) is 0 Å². The minimum Gasteiger partial charge on any atom is -0.395 e. The van der Waals surface area contributed by atoms with E-state index in [9.17, 15) is 14.7 Å². The Morgan fingerprint density at radius 1 is 0.958 bits per heavy atom. The average molecular weight is 326 g/mol. The lowest BCUT2D eigenvalue weighted by atomic mass is 10.2. The second-order valence-corrected chi connectivity index (χ2v) is 5.55. The van der Waals surface area contributed by atoms with Gasteiger partial charge in [0.15, 0.2) is 0 Å². The summed E-state index contributed by atoms with van der Waals surface area (Å²) in [4.78, 5) is 27.8. The standard InChI is InChI=1S/C19H22N2O3/c1-20(19(24)17-10-6-3-7-11-17)15-18(23)21(12-13-22)14-16-8-4-2-5-9-16/h2-11,22H,12-15H2,1H3. The van der Waals surface area contributed by atoms with Crippen LogP contribution < -0.4 is 0 Å². The van der Waals surface area contributed by atoms with Crippen LogP contribution in [0.1, 0.15) is 15.9 Å². The van der Waals surface area contributed by atoms with Gasteiger partial charge in [-0.25, -0.2) is 0 Å². The highest BCUT2D eigenvalue weighted by atomic mass is 16.3. The molecule has 0 fully saturated rings. The van der Waals surface area contributed by atoms with Gasteiger partial charge in [-0.15, -0.1) is 0 Å². The fourth-order valence-corrected chi connectivity index (χ4v) is 2.39. The molecule has 126 valence electrons. The van der Waals surface area contributed by atoms with Gasteiger partial charge in [-0.05, 0) is 17.7 Å². The summed E-state index contributed by atoms with van der Waals surface area (Å²) in [5, 5.41) is 9.21. The Morgan fingerprint density at radius 2 is 1.54 bits per heavy atom. The molecule has 2 aromatic carbocycles. The van der Waals surface area contributed by atoms with E-state index in [1.165, 1.54) is 4.90 Å². The van der Waals surface area contributed by atoms with Crippen LogP contribution in [0.15, 0.2) is 60.7 Å². The molecule has 0 bridgehead atoms. The third-order valence-electron chi connectivity index (χ3n) is 3.68. The third-order valence-corrected chi connectivity index (χ3v) is 3.68. The molecule has 0 aliphatic carbocycles. The molecular formula is C19H22N2O3. The number of benzene rings is 2. The molecule has 5 heteroatoms. The van der Waals surface area contributed by atoms with Crippen molar-refractivity contribution in [2.24, 2.45) is 0 Å². The van der Waals surface area contributed by atoms with Crippen molar-refractivity contribution in [2.75, 3.05) is 26.7 Å². The minimum absolute atomic E-state index is 0.0272. The average Bonchev–Trinajstić information content (AvgIpc) is 2.62. The molecule has 24 heavy (non-hydrogen) atoms. The molecule has 0 heterocycles. The molecular weight excluding hydrogens is 304 g/mol. The van der Waals surface area contributed by atoms with E-state index in [0.717, 1.165) is 5.56 Å². The highest BCUT2D eigenvalue weighted by Crippen LogP contribution is 2.07. The predicted octanol–water partition coefficient (Wildman–Crippen LogP) is 1.78. The predicted molar refractivity (Wildman–Crippen MR) is 92.3 cm³/mol. The number of aliphatic hydroxyl groups is 1. The number of hydrogen-bond donors (Lipinski definition) is 1. The molecule has 2 rings (SSSR count). The smallest absolute Gasteiger partial charge is 0.254 e. The van der Waals surface area contributed by atoms with E-state index in [2.05, 4.69) is 0 Å². The second kappa shape index (κ2) is 8.84. The molecule has 2 amide bonds. The van der Waals surface area contributed by atoms with Gasteiger partial charge in [0.1, 0.15) is 0 Å². The zero-order valence-corrected chi connectivity index (χ0v) is 13.8. The highest BCUT2D eigenvalue weighted by molar-refractivity contribution is 5.96. The number of carbonyl (C=O) groups excluding carboxylic acids is 2. The van der Waals surface area contributed by atoms with Crippen LogP contribution in [0.25, 0.3) is 0 Å². The lowest BCUT2D eigenvalue weighted by Gasteiger charge is -2.25. The summed E-state index contributed by atoms with van der Waals surface area (Å²) in [5.74, 6) is -0.396. The van der Waals surface area contributed by atoms with Crippen molar-refractivity contribution in [2.45, 2.75) is 6.54 Å². The Morgan fingerprint density at radius 3 is 2.12 bits per heavy atom. The van der Waals surface area contributed by atoms with Crippen LogP contribution in [-0.4, -0.2) is 53.5 Å². The minimum atomic E-state index is -0.201. The molecule has 0 aromatic heterocycles. The molecule has 2 aromatic rings. The Balaban J connectivity index is 2.00. The molecule has 0 unspecified atom stereocenters. The van der Waals surface area contributed by atoms with Crippen molar-refractivity contribution < 1.29 is 14.7 Å². The largest absolute Gasteiger partial charge is 0.395 e. The van der Waals surface area contributed by atoms with Crippen LogP contribution in [0.5, 0.6) is 0 Å². The Bertz CT molecular complexity index is 659. The Labute approximate surface area is 142 Å². The zero-order chi connectivity index (χ0) is 17.4. The first-order valence-corrected chi connectivity index (χ1v) is 7.85. The lowest BCUT2D eigenvalue weighted by Crippen LogP contribution is -2.42. The maximum absolute atomic E-state index is 12.5. The normalized spacial score (nSPS) is 10.2. The van der Waals surface area contributed by atoms with Gasteiger partial charge >= 0.3 is 0 Å². The SMILES string of the molecule is CN(CC(=O)N(CCO)Cc1ccccc1)C(=O)c1ccccc1. The highest BCUT2D eigenvalue weighted by Gasteiger charge is 2.19. The van der Waals surface area contributed by atoms with Crippen molar-refractivity contribution in [1.29, 1.82) is 0 Å². The molecule has 0 aliphatic heterocycles. The van der Waals surface area contributed by atoms with E-state index in [1.807, 2.05) is 36.4 Å². The van der Waals surface area contributed by atoms with Crippen molar-refractivity contribution in [3.05, 3.63) is 71.8 Å². The second-order valence-electron chi connectivity index (χ2n) is 5.55. The van der Waals surface area contributed by atoms with Gasteiger partial charge in [0, 0.05) is 25.7 Å². The summed E-state index contributed by atoms with van der Waals surface area (Å²) >= 11 is 0. The van der Waals surface area contributed by atoms with Crippen molar-refractivity contribution in [3.63, 3.8) is 0 Å². The number of rotatable bonds is 7. The van der Waals surface area contributed by atoms with E-state index in [1.54, 1.807) is 36.2 Å². The summed E-state index contributed by atoms with van der Waals surface area (Å²) in [6, 6.07) is 18.4. The monoisotopic (exact) mass is 326 g/mol. The molecule has 0 spiro atoms. The van der Waals surface area contributed by atoms with Gasteiger partial charge in [0.2, 0.25) is 5.91 Å². The molecule has 5 nitrogen and oxygen atoms in total. The van der Waals surface area contributed by atoms with Crippen molar-refractivity contribution >= 4 is 11.8 Å². The first-order chi connectivity index (χ1) is 11.6. The Hall–Kier alpha value is -2.66. The quantitative estimate of drug-likeness (QED) is 0.844. The summed E-state index contributed by atoms with van der Waals surface area (Å²) in [7, 11) is 1.60. The number of hydrogen-bond acceptors (Lipinski definition) is 3. The maximum Gasteiger partial charge on any atom is 0.254 e. The van der Waals surface area contributed by atoms with Gasteiger partial charge < -0.3 is 14.9 Å². The maximum atomic E-state index is 12.5. The molecule has 1 N–H and O–H groups in total. The molecule has 0 aliphatic rings. The summed E-state index contributed by atoms with van der Waals surface area (Å²) in [6.07, 6.45) is 0. The van der Waals surface area contributed by atoms with Gasteiger partial charge in [-0.1, -0.05) is 48.5 Å². The topological polar surface area (TPSA) is 60.9 Å². The number of nitrogens with zero attached hydrogens (tertiary/aromatic N) is 2. The van der Waals surface area contributed by atoms with E-state index in [0.29, 0.717) is 12.1 Å². The van der Waals surface area contributed by atoms with E-state index in [4.69, 9.17) is 0 Å². The third kappa shape index (κ3) is 4.93. The number of aliphatic hydroxyl groups excluding tert-OH is 1. The van der Waals surface area contributed by atoms with Gasteiger partial charge in [0.25, 0.3) is 5.91 Å². The van der Waals surface area contributed by atoms with Gasteiger partial charge in [0.05, 0.1) is 13.2 Å². The summed E-state index contributed by atoms with van der Waals surface area (Å²) in [6.45, 7) is 0.504. The zero-order valence-electron chi connectivity index (χ0n) is 13.8. The van der Waals surface area contributed by atoms with Gasteiger partial charge in [-0.2, -0.15) is 0 Å². The fourth-order valence-electron chi connectivity index (χ4n) is 2.39. The number of likely N-dealkylation sites (N-methyl/N-ethyl adjacent to an activating group) is 1. The summed E-state index contributed by atoms with van der Waals surface area (Å²) in [5.41, 5.74) is 1.53. The fraction of sp³-hybridized carbons (Fsp3) is 0.263.